The second kappa shape index (κ2) is 19.0. The quantitative estimate of drug-likeness (QED) is 0.0548. The molecule has 0 saturated heterocycles. The van der Waals surface area contributed by atoms with E-state index in [1.54, 1.807) is 24.3 Å². The molecule has 0 heterocycles. The molecule has 0 amide bonds. The third-order valence-corrected chi connectivity index (χ3v) is 7.98. The molecule has 0 aromatic heterocycles. The number of nitrogens with zero attached hydrogens (tertiary/aromatic N) is 3. The number of hydrogen-bond acceptors (Lipinski definition) is 6. The number of halogens is 3. The van der Waals surface area contributed by atoms with Crippen LogP contribution in [-0.4, -0.2) is 16.6 Å². The lowest BCUT2D eigenvalue weighted by Crippen LogP contribution is -2.06. The Balaban J connectivity index is 1.47. The first-order valence-corrected chi connectivity index (χ1v) is 16.4. The van der Waals surface area contributed by atoms with Gasteiger partial charge in [-0.3, -0.25) is 10.1 Å². The van der Waals surface area contributed by atoms with Gasteiger partial charge in [0.15, 0.2) is 11.5 Å². The number of phenolic OH excluding ortho intramolecular Hbond substituents is 1. The van der Waals surface area contributed by atoms with E-state index in [1.807, 2.05) is 0 Å². The van der Waals surface area contributed by atoms with E-state index in [4.69, 9.17) is 4.74 Å². The number of hydrogen-bond donors (Lipinski definition) is 1. The van der Waals surface area contributed by atoms with E-state index in [9.17, 15) is 28.4 Å². The normalized spacial score (nSPS) is 11.9. The number of phenols is 1. The zero-order valence-electron chi connectivity index (χ0n) is 26.3. The lowest BCUT2D eigenvalue weighted by molar-refractivity contribution is -0.385. The van der Waals surface area contributed by atoms with Gasteiger partial charge in [-0.2, -0.15) is 13.2 Å². The summed E-state index contributed by atoms with van der Waals surface area (Å²) in [6.45, 7) is 2.63. The van der Waals surface area contributed by atoms with Gasteiger partial charge in [0, 0.05) is 29.0 Å². The molecular formula is C35H46F3N3O4. The summed E-state index contributed by atoms with van der Waals surface area (Å²) in [5.74, 6) is 0.0933. The number of aromatic hydroxyl groups is 1. The van der Waals surface area contributed by atoms with Crippen LogP contribution >= 0.6 is 0 Å². The largest absolute Gasteiger partial charge is 0.504 e. The van der Waals surface area contributed by atoms with Crippen LogP contribution in [0.1, 0.15) is 115 Å². The van der Waals surface area contributed by atoms with E-state index in [0.29, 0.717) is 23.4 Å². The molecule has 3 aromatic rings. The third kappa shape index (κ3) is 12.0. The molecule has 3 aromatic carbocycles. The monoisotopic (exact) mass is 629 g/mol. The number of nitro groups is 1. The minimum atomic E-state index is -4.86. The number of unbranched alkanes of at least 4 members (excludes halogenated alkanes) is 15. The molecular weight excluding hydrogens is 583 g/mol. The Bertz CT molecular complexity index is 1380. The Morgan fingerprint density at radius 3 is 1.78 bits per heavy atom. The van der Waals surface area contributed by atoms with Crippen LogP contribution in [0.5, 0.6) is 11.5 Å². The fourth-order valence-electron chi connectivity index (χ4n) is 5.40. The van der Waals surface area contributed by atoms with E-state index >= 15 is 0 Å². The summed E-state index contributed by atoms with van der Waals surface area (Å²) < 4.78 is 46.7. The summed E-state index contributed by atoms with van der Waals surface area (Å²) in [6, 6.07) is 10.5. The molecule has 0 unspecified atom stereocenters. The summed E-state index contributed by atoms with van der Waals surface area (Å²) in [4.78, 5) is 10.1. The van der Waals surface area contributed by atoms with Crippen LogP contribution in [-0.2, 0) is 6.18 Å². The second-order valence-electron chi connectivity index (χ2n) is 11.6. The number of fused-ring (bicyclic) bond motifs is 1. The lowest BCUT2D eigenvalue weighted by atomic mass is 10.0. The molecule has 1 N–H and O–H groups in total. The maximum absolute atomic E-state index is 13.6. The van der Waals surface area contributed by atoms with Crippen molar-refractivity contribution in [3.8, 4) is 11.5 Å². The summed E-state index contributed by atoms with van der Waals surface area (Å²) in [6.07, 6.45) is 15.3. The number of nitro benzene ring substituents is 1. The predicted octanol–water partition coefficient (Wildman–Crippen LogP) is 12.5. The molecule has 0 fully saturated rings. The van der Waals surface area contributed by atoms with Crippen LogP contribution in [0.25, 0.3) is 10.8 Å². The molecule has 7 nitrogen and oxygen atoms in total. The van der Waals surface area contributed by atoms with Crippen molar-refractivity contribution in [2.75, 3.05) is 6.61 Å². The first kappa shape index (κ1) is 35.8. The minimum absolute atomic E-state index is 0.0765. The van der Waals surface area contributed by atoms with Gasteiger partial charge in [-0.25, -0.2) is 0 Å². The number of azo groups is 1. The highest BCUT2D eigenvalue weighted by Gasteiger charge is 2.35. The maximum atomic E-state index is 13.6. The van der Waals surface area contributed by atoms with Crippen LogP contribution in [0.2, 0.25) is 0 Å². The van der Waals surface area contributed by atoms with Gasteiger partial charge < -0.3 is 9.84 Å². The molecule has 0 spiro atoms. The number of benzene rings is 3. The van der Waals surface area contributed by atoms with Crippen LogP contribution in [0.4, 0.5) is 30.2 Å². The predicted molar refractivity (Wildman–Crippen MR) is 173 cm³/mol. The zero-order chi connectivity index (χ0) is 32.5. The maximum Gasteiger partial charge on any atom is 0.418 e. The molecule has 0 atom stereocenters. The Hall–Kier alpha value is -3.69. The van der Waals surface area contributed by atoms with Gasteiger partial charge in [-0.15, -0.1) is 10.2 Å². The first-order chi connectivity index (χ1) is 21.7. The zero-order valence-corrected chi connectivity index (χ0v) is 26.3. The molecule has 45 heavy (non-hydrogen) atoms. The fourth-order valence-corrected chi connectivity index (χ4v) is 5.40. The van der Waals surface area contributed by atoms with Crippen molar-refractivity contribution in [1.82, 2.24) is 0 Å². The second-order valence-corrected chi connectivity index (χ2v) is 11.6. The van der Waals surface area contributed by atoms with Gasteiger partial charge in [0.1, 0.15) is 0 Å². The summed E-state index contributed by atoms with van der Waals surface area (Å²) in [7, 11) is 0. The van der Waals surface area contributed by atoms with Gasteiger partial charge in [0.25, 0.3) is 5.69 Å². The Kier molecular flexibility index (Phi) is 15.1. The van der Waals surface area contributed by atoms with Crippen molar-refractivity contribution in [1.29, 1.82) is 0 Å². The Labute approximate surface area is 264 Å². The van der Waals surface area contributed by atoms with Crippen molar-refractivity contribution in [2.45, 2.75) is 116 Å². The molecule has 246 valence electrons. The van der Waals surface area contributed by atoms with Crippen LogP contribution in [0, 0.1) is 10.1 Å². The SMILES string of the molecule is CCCCCCCCCCCCCCCCCCOc1cc(N=Nc2ccc([N+](=O)[O-])cc2C(F)(F)F)c2ccccc2c1O. The lowest BCUT2D eigenvalue weighted by Gasteiger charge is -2.12. The molecule has 3 rings (SSSR count). The van der Waals surface area contributed by atoms with Gasteiger partial charge in [-0.1, -0.05) is 128 Å². The smallest absolute Gasteiger partial charge is 0.418 e. The van der Waals surface area contributed by atoms with E-state index in [0.717, 1.165) is 31.4 Å². The minimum Gasteiger partial charge on any atom is -0.504 e. The molecule has 0 aliphatic carbocycles. The van der Waals surface area contributed by atoms with Crippen molar-refractivity contribution < 1.29 is 27.9 Å². The van der Waals surface area contributed by atoms with Crippen molar-refractivity contribution >= 4 is 27.8 Å². The van der Waals surface area contributed by atoms with E-state index in [2.05, 4.69) is 17.2 Å². The van der Waals surface area contributed by atoms with Crippen LogP contribution < -0.4 is 4.74 Å². The standard InChI is InChI=1S/C35H46F3N3O4/c1-2-3-4-5-6-7-8-9-10-11-12-13-14-15-16-19-24-45-33-26-32(28-20-17-18-21-29(28)34(33)42)40-39-31-23-22-27(41(43)44)25-30(31)35(36,37)38/h17-18,20-23,25-26,42H,2-16,19,24H2,1H3. The molecule has 0 radical (unpaired) electrons. The molecule has 0 saturated carbocycles. The van der Waals surface area contributed by atoms with Crippen molar-refractivity contribution in [3.63, 3.8) is 0 Å². The van der Waals surface area contributed by atoms with Gasteiger partial charge in [0.2, 0.25) is 0 Å². The van der Waals surface area contributed by atoms with Crippen molar-refractivity contribution in [3.05, 3.63) is 64.2 Å². The third-order valence-electron chi connectivity index (χ3n) is 7.98. The summed E-state index contributed by atoms with van der Waals surface area (Å²) >= 11 is 0. The van der Waals surface area contributed by atoms with E-state index in [1.165, 1.54) is 89.5 Å². The van der Waals surface area contributed by atoms with Crippen molar-refractivity contribution in [2.24, 2.45) is 10.2 Å². The number of non-ortho nitro benzene ring substituents is 1. The molecule has 10 heteroatoms. The average Bonchev–Trinajstić information content (AvgIpc) is 3.02. The fraction of sp³-hybridized carbons (Fsp3) is 0.543. The molecule has 0 aliphatic rings. The summed E-state index contributed by atoms with van der Waals surface area (Å²) in [5.41, 5.74) is -2.30. The highest BCUT2D eigenvalue weighted by atomic mass is 19.4. The topological polar surface area (TPSA) is 97.3 Å². The average molecular weight is 630 g/mol. The first-order valence-electron chi connectivity index (χ1n) is 16.4. The molecule has 0 bridgehead atoms. The molecule has 0 aliphatic heterocycles. The number of ether oxygens (including phenoxy) is 1. The van der Waals surface area contributed by atoms with E-state index < -0.39 is 28.0 Å². The number of alkyl halides is 3. The highest BCUT2D eigenvalue weighted by Crippen LogP contribution is 2.43. The van der Waals surface area contributed by atoms with Crippen LogP contribution in [0.3, 0.4) is 0 Å². The highest BCUT2D eigenvalue weighted by molar-refractivity contribution is 5.98. The summed E-state index contributed by atoms with van der Waals surface area (Å²) in [5, 5.41) is 30.6. The van der Waals surface area contributed by atoms with Gasteiger partial charge in [0.05, 0.1) is 28.5 Å². The van der Waals surface area contributed by atoms with E-state index in [-0.39, 0.29) is 17.2 Å². The Morgan fingerprint density at radius 2 is 1.24 bits per heavy atom. The Morgan fingerprint density at radius 1 is 0.733 bits per heavy atom. The van der Waals surface area contributed by atoms with Gasteiger partial charge >= 0.3 is 6.18 Å². The number of rotatable bonds is 21. The van der Waals surface area contributed by atoms with Crippen LogP contribution in [0.15, 0.2) is 58.8 Å². The van der Waals surface area contributed by atoms with Gasteiger partial charge in [-0.05, 0) is 12.5 Å².